The van der Waals surface area contributed by atoms with Gasteiger partial charge in [-0.3, -0.25) is 9.59 Å². The third-order valence-electron chi connectivity index (χ3n) is 4.96. The van der Waals surface area contributed by atoms with Gasteiger partial charge in [0.1, 0.15) is 12.4 Å². The first-order valence-corrected chi connectivity index (χ1v) is 9.23. The Morgan fingerprint density at radius 2 is 1.96 bits per heavy atom. The first-order chi connectivity index (χ1) is 12.4. The molecule has 2 saturated heterocycles. The minimum Gasteiger partial charge on any atom is -0.508 e. The molecule has 0 spiro atoms. The summed E-state index contributed by atoms with van der Waals surface area (Å²) in [4.78, 5) is 25.3. The molecule has 0 bridgehead atoms. The van der Waals surface area contributed by atoms with E-state index in [1.165, 1.54) is 6.07 Å². The first-order valence-electron chi connectivity index (χ1n) is 8.47. The standard InChI is InChI=1S/C17H21Cl2N3O4/c18-11-5-10(13(23)6-12(11)19)16(20)9-1-3-22(4-2-9)17(25)14-7-21-15(24)8-26-14/h5-6,9,14,16,23H,1-4,7-8,20H2,(H,21,24). The van der Waals surface area contributed by atoms with Crippen LogP contribution in [-0.4, -0.2) is 54.2 Å². The Balaban J connectivity index is 1.59. The summed E-state index contributed by atoms with van der Waals surface area (Å²) in [6.07, 6.45) is 0.772. The number of piperidine rings is 1. The predicted molar refractivity (Wildman–Crippen MR) is 97.1 cm³/mol. The van der Waals surface area contributed by atoms with Gasteiger partial charge < -0.3 is 25.8 Å². The highest BCUT2D eigenvalue weighted by molar-refractivity contribution is 6.42. The largest absolute Gasteiger partial charge is 0.508 e. The molecule has 2 fully saturated rings. The highest BCUT2D eigenvalue weighted by Gasteiger charge is 2.33. The molecular formula is C17H21Cl2N3O4. The minimum atomic E-state index is -0.628. The van der Waals surface area contributed by atoms with Gasteiger partial charge in [-0.2, -0.15) is 0 Å². The lowest BCUT2D eigenvalue weighted by Gasteiger charge is -2.37. The van der Waals surface area contributed by atoms with Crippen molar-refractivity contribution in [2.24, 2.45) is 11.7 Å². The SMILES string of the molecule is NC(c1cc(Cl)c(Cl)cc1O)C1CCN(C(=O)C2CNC(=O)CO2)CC1. The van der Waals surface area contributed by atoms with E-state index in [2.05, 4.69) is 5.32 Å². The summed E-state index contributed by atoms with van der Waals surface area (Å²) in [5, 5.41) is 13.4. The second-order valence-corrected chi connectivity index (χ2v) is 7.43. The molecule has 0 saturated carbocycles. The summed E-state index contributed by atoms with van der Waals surface area (Å²) in [7, 11) is 0. The second-order valence-electron chi connectivity index (χ2n) is 6.62. The number of nitrogens with two attached hydrogens (primary N) is 1. The van der Waals surface area contributed by atoms with E-state index in [9.17, 15) is 14.7 Å². The number of phenols is 1. The van der Waals surface area contributed by atoms with E-state index in [-0.39, 0.29) is 41.7 Å². The van der Waals surface area contributed by atoms with E-state index in [0.29, 0.717) is 36.5 Å². The molecule has 2 aliphatic heterocycles. The number of amides is 2. The van der Waals surface area contributed by atoms with Crippen molar-refractivity contribution in [1.82, 2.24) is 10.2 Å². The predicted octanol–water partition coefficient (Wildman–Crippen LogP) is 1.45. The number of hydrogen-bond donors (Lipinski definition) is 3. The Kier molecular flexibility index (Phi) is 5.92. The molecule has 9 heteroatoms. The quantitative estimate of drug-likeness (QED) is 0.710. The van der Waals surface area contributed by atoms with Crippen molar-refractivity contribution >= 4 is 35.0 Å². The van der Waals surface area contributed by atoms with Crippen LogP contribution in [0.3, 0.4) is 0 Å². The molecule has 26 heavy (non-hydrogen) atoms. The van der Waals surface area contributed by atoms with Gasteiger partial charge in [0.15, 0.2) is 6.10 Å². The molecule has 3 rings (SSSR count). The van der Waals surface area contributed by atoms with E-state index < -0.39 is 12.1 Å². The molecule has 0 aromatic heterocycles. The maximum absolute atomic E-state index is 12.5. The molecule has 2 amide bonds. The first kappa shape index (κ1) is 19.2. The molecule has 142 valence electrons. The van der Waals surface area contributed by atoms with Crippen molar-refractivity contribution in [1.29, 1.82) is 0 Å². The number of aromatic hydroxyl groups is 1. The van der Waals surface area contributed by atoms with Crippen molar-refractivity contribution in [2.75, 3.05) is 26.2 Å². The van der Waals surface area contributed by atoms with Gasteiger partial charge in [-0.05, 0) is 24.8 Å². The van der Waals surface area contributed by atoms with Gasteiger partial charge in [0.05, 0.1) is 16.6 Å². The average Bonchev–Trinajstić information content (AvgIpc) is 2.64. The maximum Gasteiger partial charge on any atom is 0.253 e. The van der Waals surface area contributed by atoms with E-state index in [0.717, 1.165) is 0 Å². The lowest BCUT2D eigenvalue weighted by atomic mass is 9.85. The van der Waals surface area contributed by atoms with Gasteiger partial charge in [-0.25, -0.2) is 0 Å². The third kappa shape index (κ3) is 4.06. The summed E-state index contributed by atoms with van der Waals surface area (Å²) >= 11 is 11.9. The number of morpholine rings is 1. The lowest BCUT2D eigenvalue weighted by molar-refractivity contribution is -0.151. The molecule has 1 aromatic rings. The number of halogens is 2. The van der Waals surface area contributed by atoms with Crippen LogP contribution in [0.25, 0.3) is 0 Å². The average molecular weight is 402 g/mol. The Morgan fingerprint density at radius 3 is 2.58 bits per heavy atom. The summed E-state index contributed by atoms with van der Waals surface area (Å²) in [5.41, 5.74) is 6.89. The van der Waals surface area contributed by atoms with Gasteiger partial charge in [0.25, 0.3) is 5.91 Å². The van der Waals surface area contributed by atoms with Crippen LogP contribution in [0.5, 0.6) is 5.75 Å². The van der Waals surface area contributed by atoms with E-state index >= 15 is 0 Å². The van der Waals surface area contributed by atoms with Crippen LogP contribution < -0.4 is 11.1 Å². The zero-order valence-electron chi connectivity index (χ0n) is 14.1. The van der Waals surface area contributed by atoms with E-state index in [1.54, 1.807) is 11.0 Å². The fourth-order valence-corrected chi connectivity index (χ4v) is 3.74. The van der Waals surface area contributed by atoms with Crippen LogP contribution in [0, 0.1) is 5.92 Å². The van der Waals surface area contributed by atoms with Gasteiger partial charge in [-0.15, -0.1) is 0 Å². The molecule has 4 N–H and O–H groups in total. The van der Waals surface area contributed by atoms with E-state index in [4.69, 9.17) is 33.7 Å². The molecule has 1 aromatic carbocycles. The summed E-state index contributed by atoms with van der Waals surface area (Å²) in [6, 6.07) is 2.60. The van der Waals surface area contributed by atoms with Crippen LogP contribution in [-0.2, 0) is 14.3 Å². The number of nitrogens with zero attached hydrogens (tertiary/aromatic N) is 1. The highest BCUT2D eigenvalue weighted by atomic mass is 35.5. The monoisotopic (exact) mass is 401 g/mol. The van der Waals surface area contributed by atoms with Crippen molar-refractivity contribution in [3.8, 4) is 5.75 Å². The number of nitrogens with one attached hydrogen (secondary N) is 1. The number of benzene rings is 1. The van der Waals surface area contributed by atoms with Crippen LogP contribution in [0.1, 0.15) is 24.4 Å². The lowest BCUT2D eigenvalue weighted by Crippen LogP contribution is -2.53. The molecular weight excluding hydrogens is 381 g/mol. The fourth-order valence-electron chi connectivity index (χ4n) is 3.41. The fraction of sp³-hybridized carbons (Fsp3) is 0.529. The van der Waals surface area contributed by atoms with Crippen molar-refractivity contribution in [2.45, 2.75) is 25.0 Å². The van der Waals surface area contributed by atoms with Crippen LogP contribution >= 0.6 is 23.2 Å². The summed E-state index contributed by atoms with van der Waals surface area (Å²) < 4.78 is 5.30. The molecule has 2 atom stereocenters. The Hall–Kier alpha value is -1.54. The van der Waals surface area contributed by atoms with Gasteiger partial charge in [-0.1, -0.05) is 23.2 Å². The molecule has 2 aliphatic rings. The smallest absolute Gasteiger partial charge is 0.253 e. The Morgan fingerprint density at radius 1 is 1.31 bits per heavy atom. The van der Waals surface area contributed by atoms with Crippen LogP contribution in [0.4, 0.5) is 0 Å². The molecule has 0 radical (unpaired) electrons. The number of rotatable bonds is 3. The zero-order chi connectivity index (χ0) is 18.8. The van der Waals surface area contributed by atoms with Crippen molar-refractivity contribution in [3.05, 3.63) is 27.7 Å². The normalized spacial score (nSPS) is 22.8. The molecule has 2 heterocycles. The number of carbonyl (C=O) groups excluding carboxylic acids is 2. The van der Waals surface area contributed by atoms with Gasteiger partial charge >= 0.3 is 0 Å². The summed E-state index contributed by atoms with van der Waals surface area (Å²) in [6.45, 7) is 1.21. The maximum atomic E-state index is 12.5. The topological polar surface area (TPSA) is 105 Å². The van der Waals surface area contributed by atoms with Crippen molar-refractivity contribution in [3.63, 3.8) is 0 Å². The van der Waals surface area contributed by atoms with Crippen LogP contribution in [0.15, 0.2) is 12.1 Å². The number of hydrogen-bond acceptors (Lipinski definition) is 5. The van der Waals surface area contributed by atoms with Gasteiger partial charge in [0, 0.05) is 30.8 Å². The molecule has 7 nitrogen and oxygen atoms in total. The minimum absolute atomic E-state index is 0.0248. The summed E-state index contributed by atoms with van der Waals surface area (Å²) in [5.74, 6) is -0.194. The number of phenolic OH excluding ortho intramolecular Hbond substituents is 1. The Labute approximate surface area is 161 Å². The van der Waals surface area contributed by atoms with E-state index in [1.807, 2.05) is 0 Å². The Bertz CT molecular complexity index is 697. The zero-order valence-corrected chi connectivity index (χ0v) is 15.6. The molecule has 0 aliphatic carbocycles. The van der Waals surface area contributed by atoms with Crippen LogP contribution in [0.2, 0.25) is 10.0 Å². The second kappa shape index (κ2) is 8.00. The number of ether oxygens (including phenoxy) is 1. The van der Waals surface area contributed by atoms with Crippen molar-refractivity contribution < 1.29 is 19.4 Å². The highest BCUT2D eigenvalue weighted by Crippen LogP contribution is 2.37. The number of carbonyl (C=O) groups is 2. The molecule has 2 unspecified atom stereocenters. The third-order valence-corrected chi connectivity index (χ3v) is 5.69. The van der Waals surface area contributed by atoms with Gasteiger partial charge in [0.2, 0.25) is 5.91 Å². The number of likely N-dealkylation sites (tertiary alicyclic amines) is 1.